The number of benzene rings is 1. The number of hydrogen-bond acceptors (Lipinski definition) is 2. The Labute approximate surface area is 104 Å². The highest BCUT2D eigenvalue weighted by Crippen LogP contribution is 2.29. The van der Waals surface area contributed by atoms with Crippen LogP contribution in [0.1, 0.15) is 11.7 Å². The van der Waals surface area contributed by atoms with E-state index in [0.717, 1.165) is 14.5 Å². The van der Waals surface area contributed by atoms with Crippen molar-refractivity contribution in [1.29, 1.82) is 0 Å². The molecule has 15 heavy (non-hydrogen) atoms. The van der Waals surface area contributed by atoms with Crippen LogP contribution in [0.2, 0.25) is 0 Å². The molecule has 0 bridgehead atoms. The lowest BCUT2D eigenvalue weighted by molar-refractivity contribution is -0.133. The lowest BCUT2D eigenvalue weighted by Gasteiger charge is -2.24. The highest BCUT2D eigenvalue weighted by atomic mass is 79.9. The number of carbonyl (C=O) groups excluding carboxylic acids is 1. The topological polar surface area (TPSA) is 38.3 Å². The van der Waals surface area contributed by atoms with Gasteiger partial charge in [-0.2, -0.15) is 0 Å². The van der Waals surface area contributed by atoms with Crippen molar-refractivity contribution in [1.82, 2.24) is 5.32 Å². The molecule has 1 aromatic rings. The van der Waals surface area contributed by atoms with Gasteiger partial charge in [0.1, 0.15) is 12.7 Å². The molecule has 0 aliphatic carbocycles. The summed E-state index contributed by atoms with van der Waals surface area (Å²) in [7, 11) is 0. The van der Waals surface area contributed by atoms with Gasteiger partial charge in [0.2, 0.25) is 5.91 Å². The molecule has 0 radical (unpaired) electrons. The van der Waals surface area contributed by atoms with Crippen LogP contribution >= 0.6 is 31.9 Å². The summed E-state index contributed by atoms with van der Waals surface area (Å²) in [6.07, 6.45) is -0.0647. The van der Waals surface area contributed by atoms with E-state index < -0.39 is 0 Å². The predicted octanol–water partition coefficient (Wildman–Crippen LogP) is 2.40. The van der Waals surface area contributed by atoms with Crippen molar-refractivity contribution < 1.29 is 9.53 Å². The molecule has 0 unspecified atom stereocenters. The Hall–Kier alpha value is -0.390. The molecule has 1 heterocycles. The van der Waals surface area contributed by atoms with E-state index in [9.17, 15) is 4.79 Å². The van der Waals surface area contributed by atoms with Gasteiger partial charge in [-0.25, -0.2) is 0 Å². The monoisotopic (exact) mass is 333 g/mol. The minimum atomic E-state index is -0.0647. The second-order valence-corrected chi connectivity index (χ2v) is 5.04. The first-order valence-corrected chi connectivity index (χ1v) is 6.08. The quantitative estimate of drug-likeness (QED) is 0.856. The first kappa shape index (κ1) is 11.1. The number of halogens is 2. The Balaban J connectivity index is 2.19. The lowest BCUT2D eigenvalue weighted by atomic mass is 10.1. The van der Waals surface area contributed by atoms with Gasteiger partial charge < -0.3 is 10.1 Å². The van der Waals surface area contributed by atoms with Crippen molar-refractivity contribution in [2.45, 2.75) is 6.10 Å². The SMILES string of the molecule is O=C1CO[C@@H](c2ccc(Br)cc2Br)CN1. The minimum absolute atomic E-state index is 0.0560. The van der Waals surface area contributed by atoms with Crippen molar-refractivity contribution in [3.8, 4) is 0 Å². The van der Waals surface area contributed by atoms with Crippen LogP contribution in [0.5, 0.6) is 0 Å². The summed E-state index contributed by atoms with van der Waals surface area (Å²) >= 11 is 6.86. The maximum Gasteiger partial charge on any atom is 0.246 e. The Kier molecular flexibility index (Phi) is 3.43. The highest BCUT2D eigenvalue weighted by molar-refractivity contribution is 9.11. The lowest BCUT2D eigenvalue weighted by Crippen LogP contribution is -2.38. The molecule has 80 valence electrons. The van der Waals surface area contributed by atoms with Gasteiger partial charge in [0.25, 0.3) is 0 Å². The molecule has 1 aromatic carbocycles. The summed E-state index contributed by atoms with van der Waals surface area (Å²) < 4.78 is 7.44. The van der Waals surface area contributed by atoms with Crippen LogP contribution in [0.25, 0.3) is 0 Å². The van der Waals surface area contributed by atoms with E-state index >= 15 is 0 Å². The van der Waals surface area contributed by atoms with Gasteiger partial charge in [-0.15, -0.1) is 0 Å². The molecule has 1 saturated heterocycles. The van der Waals surface area contributed by atoms with E-state index in [0.29, 0.717) is 6.54 Å². The first-order chi connectivity index (χ1) is 7.16. The zero-order valence-electron chi connectivity index (χ0n) is 7.80. The van der Waals surface area contributed by atoms with Crippen LogP contribution in [0.3, 0.4) is 0 Å². The third-order valence-electron chi connectivity index (χ3n) is 2.21. The number of ether oxygens (including phenoxy) is 1. The van der Waals surface area contributed by atoms with Gasteiger partial charge >= 0.3 is 0 Å². The van der Waals surface area contributed by atoms with Crippen LogP contribution < -0.4 is 5.32 Å². The number of amides is 1. The van der Waals surface area contributed by atoms with E-state index in [1.165, 1.54) is 0 Å². The molecule has 1 atom stereocenters. The maximum atomic E-state index is 10.9. The summed E-state index contributed by atoms with van der Waals surface area (Å²) in [6, 6.07) is 5.91. The van der Waals surface area contributed by atoms with Crippen molar-refractivity contribution in [3.05, 3.63) is 32.7 Å². The molecule has 2 rings (SSSR count). The van der Waals surface area contributed by atoms with Crippen molar-refractivity contribution in [2.75, 3.05) is 13.2 Å². The molecule has 1 aliphatic rings. The molecule has 0 saturated carbocycles. The fourth-order valence-electron chi connectivity index (χ4n) is 1.46. The van der Waals surface area contributed by atoms with Crippen LogP contribution in [-0.2, 0) is 9.53 Å². The van der Waals surface area contributed by atoms with Gasteiger partial charge in [0.05, 0.1) is 0 Å². The average Bonchev–Trinajstić information content (AvgIpc) is 2.20. The standard InChI is InChI=1S/C10H9Br2NO2/c11-6-1-2-7(8(12)3-6)9-4-13-10(14)5-15-9/h1-3,9H,4-5H2,(H,13,14)/t9-/m1/s1. The Morgan fingerprint density at radius 1 is 1.40 bits per heavy atom. The number of nitrogens with one attached hydrogen (secondary N) is 1. The first-order valence-electron chi connectivity index (χ1n) is 4.50. The summed E-state index contributed by atoms with van der Waals surface area (Å²) in [6.45, 7) is 0.659. The van der Waals surface area contributed by atoms with E-state index in [1.807, 2.05) is 18.2 Å². The number of rotatable bonds is 1. The molecule has 1 fully saturated rings. The maximum absolute atomic E-state index is 10.9. The van der Waals surface area contributed by atoms with Gasteiger partial charge in [-0.3, -0.25) is 4.79 Å². The molecule has 0 spiro atoms. The smallest absolute Gasteiger partial charge is 0.246 e. The summed E-state index contributed by atoms with van der Waals surface area (Å²) in [5.74, 6) is -0.0560. The number of carbonyl (C=O) groups is 1. The summed E-state index contributed by atoms with van der Waals surface area (Å²) in [4.78, 5) is 10.9. The number of hydrogen-bond donors (Lipinski definition) is 1. The second kappa shape index (κ2) is 4.63. The molecule has 5 heteroatoms. The molecule has 1 N–H and O–H groups in total. The van der Waals surface area contributed by atoms with Crippen molar-refractivity contribution in [2.24, 2.45) is 0 Å². The van der Waals surface area contributed by atoms with E-state index in [-0.39, 0.29) is 18.6 Å². The van der Waals surface area contributed by atoms with Crippen LogP contribution in [0.15, 0.2) is 27.1 Å². The van der Waals surface area contributed by atoms with Gasteiger partial charge in [0, 0.05) is 15.5 Å². The predicted molar refractivity (Wildman–Crippen MR) is 63.5 cm³/mol. The largest absolute Gasteiger partial charge is 0.362 e. The van der Waals surface area contributed by atoms with Crippen molar-refractivity contribution >= 4 is 37.8 Å². The molecular formula is C10H9Br2NO2. The number of morpholine rings is 1. The molecule has 3 nitrogen and oxygen atoms in total. The van der Waals surface area contributed by atoms with Crippen LogP contribution in [0.4, 0.5) is 0 Å². The summed E-state index contributed by atoms with van der Waals surface area (Å²) in [5.41, 5.74) is 1.05. The molecule has 1 amide bonds. The normalized spacial score (nSPS) is 21.2. The van der Waals surface area contributed by atoms with Crippen LogP contribution in [0, 0.1) is 0 Å². The van der Waals surface area contributed by atoms with Gasteiger partial charge in [0.15, 0.2) is 0 Å². The van der Waals surface area contributed by atoms with E-state index in [4.69, 9.17) is 4.74 Å². The van der Waals surface area contributed by atoms with E-state index in [1.54, 1.807) is 0 Å². The zero-order valence-corrected chi connectivity index (χ0v) is 11.0. The second-order valence-electron chi connectivity index (χ2n) is 3.27. The third kappa shape index (κ3) is 2.59. The van der Waals surface area contributed by atoms with E-state index in [2.05, 4.69) is 37.2 Å². The Bertz CT molecular complexity index is 385. The Morgan fingerprint density at radius 2 is 2.20 bits per heavy atom. The molecule has 1 aliphatic heterocycles. The fraction of sp³-hybridized carbons (Fsp3) is 0.300. The molecular weight excluding hydrogens is 326 g/mol. The highest BCUT2D eigenvalue weighted by Gasteiger charge is 2.21. The fourth-order valence-corrected chi connectivity index (χ4v) is 2.76. The van der Waals surface area contributed by atoms with Gasteiger partial charge in [-0.1, -0.05) is 37.9 Å². The van der Waals surface area contributed by atoms with Crippen LogP contribution in [-0.4, -0.2) is 19.1 Å². The minimum Gasteiger partial charge on any atom is -0.362 e. The third-order valence-corrected chi connectivity index (χ3v) is 3.39. The molecule has 0 aromatic heterocycles. The zero-order chi connectivity index (χ0) is 10.8. The summed E-state index contributed by atoms with van der Waals surface area (Å²) in [5, 5.41) is 2.78. The Morgan fingerprint density at radius 3 is 2.80 bits per heavy atom. The van der Waals surface area contributed by atoms with Gasteiger partial charge in [-0.05, 0) is 17.7 Å². The van der Waals surface area contributed by atoms with Crippen molar-refractivity contribution in [3.63, 3.8) is 0 Å². The average molecular weight is 335 g/mol.